The fourth-order valence-corrected chi connectivity index (χ4v) is 2.48. The number of aromatic nitrogens is 1. The van der Waals surface area contributed by atoms with Crippen LogP contribution in [0, 0.1) is 0 Å². The van der Waals surface area contributed by atoms with Crippen molar-refractivity contribution in [2.24, 2.45) is 0 Å². The molecule has 1 aromatic rings. The molecule has 92 valence electrons. The van der Waals surface area contributed by atoms with Crippen molar-refractivity contribution in [3.05, 3.63) is 30.1 Å². The number of carbonyl (C=O) groups is 1. The van der Waals surface area contributed by atoms with E-state index in [1.807, 2.05) is 17.0 Å². The summed E-state index contributed by atoms with van der Waals surface area (Å²) in [6, 6.07) is 3.64. The van der Waals surface area contributed by atoms with Gasteiger partial charge in [0, 0.05) is 30.9 Å². The van der Waals surface area contributed by atoms with Crippen LogP contribution in [0.2, 0.25) is 0 Å². The maximum Gasteiger partial charge on any atom is 0.323 e. The Bertz CT molecular complexity index is 385. The van der Waals surface area contributed by atoms with Crippen molar-refractivity contribution in [3.63, 3.8) is 0 Å². The van der Waals surface area contributed by atoms with E-state index in [1.165, 1.54) is 7.11 Å². The molecular weight excluding hydrogens is 240 g/mol. The van der Waals surface area contributed by atoms with Crippen LogP contribution in [0.25, 0.3) is 0 Å². The number of hydrogen-bond acceptors (Lipinski definition) is 4. The van der Waals surface area contributed by atoms with Gasteiger partial charge in [-0.2, -0.15) is 0 Å². The number of nitrogens with zero attached hydrogens (tertiary/aromatic N) is 2. The van der Waals surface area contributed by atoms with E-state index in [-0.39, 0.29) is 17.4 Å². The zero-order chi connectivity index (χ0) is 12.3. The number of likely N-dealkylation sites (tertiary alicyclic amines) is 1. The van der Waals surface area contributed by atoms with Crippen LogP contribution in [-0.4, -0.2) is 40.9 Å². The third kappa shape index (κ3) is 2.96. The highest BCUT2D eigenvalue weighted by Gasteiger charge is 2.36. The van der Waals surface area contributed by atoms with Gasteiger partial charge in [0.2, 0.25) is 0 Å². The standard InChI is InChI=1S/C12H15ClN2O2/c1-17-12(16)11-5-10(13)8-15(11)7-9-3-2-4-14-6-9/h2-4,6,10-11H,5,7-8H2,1H3/t10-,11-/m0/s1. The van der Waals surface area contributed by atoms with Gasteiger partial charge in [-0.3, -0.25) is 14.7 Å². The van der Waals surface area contributed by atoms with E-state index in [0.717, 1.165) is 5.56 Å². The molecule has 0 aliphatic carbocycles. The number of rotatable bonds is 3. The Kier molecular flexibility index (Phi) is 3.97. The van der Waals surface area contributed by atoms with Gasteiger partial charge >= 0.3 is 5.97 Å². The second-order valence-corrected chi connectivity index (χ2v) is 4.78. The molecule has 2 atom stereocenters. The quantitative estimate of drug-likeness (QED) is 0.605. The van der Waals surface area contributed by atoms with E-state index >= 15 is 0 Å². The number of pyridine rings is 1. The maximum absolute atomic E-state index is 11.6. The summed E-state index contributed by atoms with van der Waals surface area (Å²) in [6.07, 6.45) is 4.18. The van der Waals surface area contributed by atoms with Gasteiger partial charge in [0.05, 0.1) is 7.11 Å². The van der Waals surface area contributed by atoms with Gasteiger partial charge in [-0.25, -0.2) is 0 Å². The summed E-state index contributed by atoms with van der Waals surface area (Å²) >= 11 is 6.10. The van der Waals surface area contributed by atoms with Crippen LogP contribution in [0.5, 0.6) is 0 Å². The molecule has 1 saturated heterocycles. The highest BCUT2D eigenvalue weighted by Crippen LogP contribution is 2.24. The normalized spacial score (nSPS) is 24.8. The summed E-state index contributed by atoms with van der Waals surface area (Å²) in [7, 11) is 1.41. The van der Waals surface area contributed by atoms with Gasteiger partial charge in [-0.1, -0.05) is 6.07 Å². The lowest BCUT2D eigenvalue weighted by Gasteiger charge is -2.21. The van der Waals surface area contributed by atoms with Gasteiger partial charge in [-0.05, 0) is 18.1 Å². The van der Waals surface area contributed by atoms with E-state index in [4.69, 9.17) is 16.3 Å². The molecule has 1 aromatic heterocycles. The van der Waals surface area contributed by atoms with Crippen molar-refractivity contribution in [2.75, 3.05) is 13.7 Å². The molecule has 1 aliphatic heterocycles. The lowest BCUT2D eigenvalue weighted by atomic mass is 10.2. The fraction of sp³-hybridized carbons (Fsp3) is 0.500. The van der Waals surface area contributed by atoms with Crippen LogP contribution in [0.1, 0.15) is 12.0 Å². The Morgan fingerprint density at radius 1 is 1.71 bits per heavy atom. The average molecular weight is 255 g/mol. The number of methoxy groups -OCH3 is 1. The minimum Gasteiger partial charge on any atom is -0.468 e. The molecule has 0 aromatic carbocycles. The van der Waals surface area contributed by atoms with E-state index < -0.39 is 0 Å². The maximum atomic E-state index is 11.6. The smallest absolute Gasteiger partial charge is 0.323 e. The van der Waals surface area contributed by atoms with Crippen LogP contribution in [0.15, 0.2) is 24.5 Å². The first kappa shape index (κ1) is 12.3. The van der Waals surface area contributed by atoms with Crippen LogP contribution in [0.4, 0.5) is 0 Å². The third-order valence-electron chi connectivity index (χ3n) is 2.93. The van der Waals surface area contributed by atoms with Crippen molar-refractivity contribution in [2.45, 2.75) is 24.4 Å². The second-order valence-electron chi connectivity index (χ2n) is 4.16. The number of esters is 1. The fourth-order valence-electron chi connectivity index (χ4n) is 2.13. The van der Waals surface area contributed by atoms with E-state index in [0.29, 0.717) is 19.5 Å². The Hall–Kier alpha value is -1.13. The first-order valence-electron chi connectivity index (χ1n) is 5.55. The second kappa shape index (κ2) is 5.47. The molecular formula is C12H15ClN2O2. The van der Waals surface area contributed by atoms with Gasteiger partial charge in [-0.15, -0.1) is 11.6 Å². The van der Waals surface area contributed by atoms with Gasteiger partial charge in [0.1, 0.15) is 6.04 Å². The van der Waals surface area contributed by atoms with Crippen LogP contribution in [-0.2, 0) is 16.1 Å². The molecule has 17 heavy (non-hydrogen) atoms. The first-order chi connectivity index (χ1) is 8.20. The molecule has 0 N–H and O–H groups in total. The Labute approximate surface area is 106 Å². The Balaban J connectivity index is 2.06. The van der Waals surface area contributed by atoms with Crippen LogP contribution in [0.3, 0.4) is 0 Å². The Morgan fingerprint density at radius 3 is 3.18 bits per heavy atom. The average Bonchev–Trinajstić information content (AvgIpc) is 2.70. The highest BCUT2D eigenvalue weighted by molar-refractivity contribution is 6.21. The summed E-state index contributed by atoms with van der Waals surface area (Å²) in [5.41, 5.74) is 1.08. The summed E-state index contributed by atoms with van der Waals surface area (Å²) in [4.78, 5) is 17.7. The highest BCUT2D eigenvalue weighted by atomic mass is 35.5. The zero-order valence-corrected chi connectivity index (χ0v) is 10.4. The van der Waals surface area contributed by atoms with Crippen LogP contribution >= 0.6 is 11.6 Å². The summed E-state index contributed by atoms with van der Waals surface area (Å²) in [5, 5.41) is 0.00997. The molecule has 1 fully saturated rings. The molecule has 2 rings (SSSR count). The molecule has 2 heterocycles. The minimum atomic E-state index is -0.234. The SMILES string of the molecule is COC(=O)[C@@H]1C[C@H](Cl)CN1Cc1cccnc1. The summed E-state index contributed by atoms with van der Waals surface area (Å²) in [5.74, 6) is -0.211. The van der Waals surface area contributed by atoms with Crippen LogP contribution < -0.4 is 0 Å². The number of hydrogen-bond donors (Lipinski definition) is 0. The lowest BCUT2D eigenvalue weighted by Crippen LogP contribution is -2.36. The first-order valence-corrected chi connectivity index (χ1v) is 5.99. The number of ether oxygens (including phenoxy) is 1. The van der Waals surface area contributed by atoms with Crippen molar-refractivity contribution in [1.82, 2.24) is 9.88 Å². The predicted molar refractivity (Wildman–Crippen MR) is 64.7 cm³/mol. The predicted octanol–water partition coefficient (Wildman–Crippen LogP) is 1.44. The summed E-state index contributed by atoms with van der Waals surface area (Å²) in [6.45, 7) is 1.38. The summed E-state index contributed by atoms with van der Waals surface area (Å²) < 4.78 is 4.80. The topological polar surface area (TPSA) is 42.4 Å². The number of halogens is 1. The molecule has 0 saturated carbocycles. The molecule has 1 aliphatic rings. The zero-order valence-electron chi connectivity index (χ0n) is 9.67. The number of carbonyl (C=O) groups excluding carboxylic acids is 1. The van der Waals surface area contributed by atoms with E-state index in [1.54, 1.807) is 12.4 Å². The molecule has 4 nitrogen and oxygen atoms in total. The van der Waals surface area contributed by atoms with Gasteiger partial charge < -0.3 is 4.74 Å². The Morgan fingerprint density at radius 2 is 2.53 bits per heavy atom. The molecule has 5 heteroatoms. The number of alkyl halides is 1. The van der Waals surface area contributed by atoms with Gasteiger partial charge in [0.25, 0.3) is 0 Å². The van der Waals surface area contributed by atoms with Gasteiger partial charge in [0.15, 0.2) is 0 Å². The van der Waals surface area contributed by atoms with E-state index in [2.05, 4.69) is 4.98 Å². The van der Waals surface area contributed by atoms with Crippen molar-refractivity contribution in [3.8, 4) is 0 Å². The van der Waals surface area contributed by atoms with Crippen molar-refractivity contribution in [1.29, 1.82) is 0 Å². The molecule has 0 bridgehead atoms. The van der Waals surface area contributed by atoms with Crippen molar-refractivity contribution < 1.29 is 9.53 Å². The third-order valence-corrected chi connectivity index (χ3v) is 3.25. The molecule has 0 radical (unpaired) electrons. The van der Waals surface area contributed by atoms with Crippen molar-refractivity contribution >= 4 is 17.6 Å². The largest absolute Gasteiger partial charge is 0.468 e. The molecule has 0 unspecified atom stereocenters. The monoisotopic (exact) mass is 254 g/mol. The lowest BCUT2D eigenvalue weighted by molar-refractivity contribution is -0.146. The minimum absolute atomic E-state index is 0.00997. The molecule has 0 amide bonds. The van der Waals surface area contributed by atoms with E-state index in [9.17, 15) is 4.79 Å². The molecule has 0 spiro atoms.